The van der Waals surface area contributed by atoms with Crippen molar-refractivity contribution in [2.75, 3.05) is 11.9 Å². The average molecular weight is 480 g/mol. The standard InChI is InChI=1S/C17H17BrCl2N2O3S/c1-9-4-10(2)16(11(3)5-9)22-15(23)8-21-26(24,25)17-13(19)6-12(18)7-14(17)20/h4-7,21H,8H2,1-3H3,(H,22,23). The number of sulfonamides is 1. The Hall–Kier alpha value is -1.12. The minimum Gasteiger partial charge on any atom is -0.324 e. The van der Waals surface area contributed by atoms with Crippen molar-refractivity contribution >= 4 is 60.7 Å². The molecule has 2 aromatic rings. The molecule has 2 aromatic carbocycles. The van der Waals surface area contributed by atoms with Gasteiger partial charge in [-0.3, -0.25) is 4.79 Å². The maximum absolute atomic E-state index is 12.4. The first-order chi connectivity index (χ1) is 12.0. The average Bonchev–Trinajstić information content (AvgIpc) is 2.47. The van der Waals surface area contributed by atoms with Crippen LogP contribution >= 0.6 is 39.1 Å². The molecular formula is C17H17BrCl2N2O3S. The third-order valence-electron chi connectivity index (χ3n) is 3.60. The molecule has 0 aliphatic carbocycles. The molecule has 140 valence electrons. The van der Waals surface area contributed by atoms with Crippen LogP contribution in [0.1, 0.15) is 16.7 Å². The number of carbonyl (C=O) groups is 1. The summed E-state index contributed by atoms with van der Waals surface area (Å²) in [5.41, 5.74) is 3.55. The van der Waals surface area contributed by atoms with E-state index in [4.69, 9.17) is 23.2 Å². The van der Waals surface area contributed by atoms with Crippen LogP contribution in [0.15, 0.2) is 33.6 Å². The van der Waals surface area contributed by atoms with Crippen molar-refractivity contribution in [3.05, 3.63) is 55.5 Å². The zero-order valence-corrected chi connectivity index (χ0v) is 18.2. The number of nitrogens with one attached hydrogen (secondary N) is 2. The molecule has 5 nitrogen and oxygen atoms in total. The van der Waals surface area contributed by atoms with Gasteiger partial charge in [0.25, 0.3) is 0 Å². The highest BCUT2D eigenvalue weighted by Crippen LogP contribution is 2.32. The van der Waals surface area contributed by atoms with Gasteiger partial charge >= 0.3 is 0 Å². The van der Waals surface area contributed by atoms with E-state index in [1.54, 1.807) is 0 Å². The fourth-order valence-corrected chi connectivity index (χ4v) is 5.49. The van der Waals surface area contributed by atoms with Crippen LogP contribution in [-0.4, -0.2) is 20.9 Å². The fraction of sp³-hybridized carbons (Fsp3) is 0.235. The molecule has 0 saturated carbocycles. The molecule has 0 radical (unpaired) electrons. The van der Waals surface area contributed by atoms with Crippen molar-refractivity contribution in [2.45, 2.75) is 25.7 Å². The smallest absolute Gasteiger partial charge is 0.244 e. The second-order valence-electron chi connectivity index (χ2n) is 5.85. The van der Waals surface area contributed by atoms with Gasteiger partial charge in [-0.1, -0.05) is 56.8 Å². The Balaban J connectivity index is 2.15. The Morgan fingerprint density at radius 1 is 1.04 bits per heavy atom. The SMILES string of the molecule is Cc1cc(C)c(NC(=O)CNS(=O)(=O)c2c(Cl)cc(Br)cc2Cl)c(C)c1. The van der Waals surface area contributed by atoms with Crippen LogP contribution in [0.4, 0.5) is 5.69 Å². The topological polar surface area (TPSA) is 75.3 Å². The highest BCUT2D eigenvalue weighted by atomic mass is 79.9. The number of benzene rings is 2. The first kappa shape index (κ1) is 21.2. The predicted octanol–water partition coefficient (Wildman–Crippen LogP) is 4.60. The van der Waals surface area contributed by atoms with Gasteiger partial charge in [0.05, 0.1) is 16.6 Å². The first-order valence-electron chi connectivity index (χ1n) is 7.53. The molecule has 0 aromatic heterocycles. The summed E-state index contributed by atoms with van der Waals surface area (Å²) < 4.78 is 27.7. The third kappa shape index (κ3) is 4.98. The van der Waals surface area contributed by atoms with E-state index in [2.05, 4.69) is 26.0 Å². The largest absolute Gasteiger partial charge is 0.324 e. The maximum Gasteiger partial charge on any atom is 0.244 e. The predicted molar refractivity (Wildman–Crippen MR) is 109 cm³/mol. The zero-order chi connectivity index (χ0) is 19.6. The third-order valence-corrected chi connectivity index (χ3v) is 6.38. The van der Waals surface area contributed by atoms with E-state index in [1.807, 2.05) is 32.9 Å². The van der Waals surface area contributed by atoms with E-state index in [-0.39, 0.29) is 14.9 Å². The van der Waals surface area contributed by atoms with Gasteiger partial charge in [-0.2, -0.15) is 0 Å². The second-order valence-corrected chi connectivity index (χ2v) is 9.28. The molecule has 1 amide bonds. The minimum absolute atomic E-state index is 0.0393. The van der Waals surface area contributed by atoms with Gasteiger partial charge < -0.3 is 5.32 Å². The maximum atomic E-state index is 12.4. The number of hydrogen-bond donors (Lipinski definition) is 2. The summed E-state index contributed by atoms with van der Waals surface area (Å²) in [6, 6.07) is 6.71. The minimum atomic E-state index is -4.05. The van der Waals surface area contributed by atoms with Crippen LogP contribution in [0.2, 0.25) is 10.0 Å². The number of rotatable bonds is 5. The lowest BCUT2D eigenvalue weighted by molar-refractivity contribution is -0.115. The summed E-state index contributed by atoms with van der Waals surface area (Å²) >= 11 is 15.2. The summed E-state index contributed by atoms with van der Waals surface area (Å²) in [5, 5.41) is 2.65. The van der Waals surface area contributed by atoms with E-state index in [0.717, 1.165) is 16.7 Å². The van der Waals surface area contributed by atoms with Crippen molar-refractivity contribution in [3.8, 4) is 0 Å². The van der Waals surface area contributed by atoms with Crippen molar-refractivity contribution in [1.82, 2.24) is 4.72 Å². The molecule has 2 rings (SSSR count). The van der Waals surface area contributed by atoms with Crippen LogP contribution < -0.4 is 10.0 Å². The number of halogens is 3. The molecule has 0 heterocycles. The molecule has 0 aliphatic heterocycles. The molecule has 0 aliphatic rings. The zero-order valence-electron chi connectivity index (χ0n) is 14.3. The molecule has 0 bridgehead atoms. The summed E-state index contributed by atoms with van der Waals surface area (Å²) in [6.45, 7) is 5.27. The monoisotopic (exact) mass is 478 g/mol. The van der Waals surface area contributed by atoms with Gasteiger partial charge in [-0.15, -0.1) is 0 Å². The van der Waals surface area contributed by atoms with E-state index in [0.29, 0.717) is 10.2 Å². The molecule has 26 heavy (non-hydrogen) atoms. The summed E-state index contributed by atoms with van der Waals surface area (Å²) in [5.74, 6) is -0.493. The molecule has 0 saturated heterocycles. The van der Waals surface area contributed by atoms with Crippen LogP contribution in [0.25, 0.3) is 0 Å². The lowest BCUT2D eigenvalue weighted by Gasteiger charge is -2.14. The van der Waals surface area contributed by atoms with Gasteiger partial charge in [-0.25, -0.2) is 13.1 Å². The van der Waals surface area contributed by atoms with Crippen LogP contribution in [0, 0.1) is 20.8 Å². The van der Waals surface area contributed by atoms with Gasteiger partial charge in [-0.05, 0) is 44.0 Å². The number of carbonyl (C=O) groups excluding carboxylic acids is 1. The number of aryl methyl sites for hydroxylation is 3. The highest BCUT2D eigenvalue weighted by molar-refractivity contribution is 9.10. The summed E-state index contributed by atoms with van der Waals surface area (Å²) in [7, 11) is -4.05. The van der Waals surface area contributed by atoms with Crippen LogP contribution in [0.3, 0.4) is 0 Å². The van der Waals surface area contributed by atoms with Crippen molar-refractivity contribution in [1.29, 1.82) is 0 Å². The first-order valence-corrected chi connectivity index (χ1v) is 10.6. The molecule has 0 fully saturated rings. The Morgan fingerprint density at radius 3 is 2.04 bits per heavy atom. The van der Waals surface area contributed by atoms with Gasteiger partial charge in [0.1, 0.15) is 4.90 Å². The fourth-order valence-electron chi connectivity index (χ4n) is 2.58. The Morgan fingerprint density at radius 2 is 1.54 bits per heavy atom. The van der Waals surface area contributed by atoms with E-state index < -0.39 is 22.5 Å². The van der Waals surface area contributed by atoms with Gasteiger partial charge in [0, 0.05) is 10.2 Å². The lowest BCUT2D eigenvalue weighted by Crippen LogP contribution is -2.33. The normalized spacial score (nSPS) is 11.5. The van der Waals surface area contributed by atoms with E-state index in [1.165, 1.54) is 12.1 Å². The number of amides is 1. The Kier molecular flexibility index (Phi) is 6.74. The van der Waals surface area contributed by atoms with Crippen molar-refractivity contribution < 1.29 is 13.2 Å². The van der Waals surface area contributed by atoms with Gasteiger partial charge in [0.15, 0.2) is 0 Å². The van der Waals surface area contributed by atoms with Crippen molar-refractivity contribution in [2.24, 2.45) is 0 Å². The number of hydrogen-bond acceptors (Lipinski definition) is 3. The second kappa shape index (κ2) is 8.27. The summed E-state index contributed by atoms with van der Waals surface area (Å²) in [4.78, 5) is 11.9. The number of anilines is 1. The molecule has 0 atom stereocenters. The van der Waals surface area contributed by atoms with E-state index in [9.17, 15) is 13.2 Å². The van der Waals surface area contributed by atoms with Crippen LogP contribution in [0.5, 0.6) is 0 Å². The Labute approximate surface area is 171 Å². The quantitative estimate of drug-likeness (QED) is 0.657. The Bertz CT molecular complexity index is 932. The molecule has 9 heteroatoms. The molecule has 2 N–H and O–H groups in total. The lowest BCUT2D eigenvalue weighted by atomic mass is 10.1. The molecule has 0 spiro atoms. The van der Waals surface area contributed by atoms with Crippen molar-refractivity contribution in [3.63, 3.8) is 0 Å². The highest BCUT2D eigenvalue weighted by Gasteiger charge is 2.23. The summed E-state index contributed by atoms with van der Waals surface area (Å²) in [6.07, 6.45) is 0. The van der Waals surface area contributed by atoms with Crippen LogP contribution in [-0.2, 0) is 14.8 Å². The van der Waals surface area contributed by atoms with Gasteiger partial charge in [0.2, 0.25) is 15.9 Å². The molecule has 0 unspecified atom stereocenters. The molecular weight excluding hydrogens is 463 g/mol. The van der Waals surface area contributed by atoms with E-state index >= 15 is 0 Å².